The van der Waals surface area contributed by atoms with Crippen molar-refractivity contribution in [3.63, 3.8) is 0 Å². The van der Waals surface area contributed by atoms with Crippen molar-refractivity contribution in [1.82, 2.24) is 0 Å². The maximum Gasteiger partial charge on any atom is 0.306 e. The molecule has 0 aliphatic heterocycles. The van der Waals surface area contributed by atoms with Crippen LogP contribution in [0.25, 0.3) is 0 Å². The molecule has 0 saturated carbocycles. The SMILES string of the molecule is CCCCCCC(CCC)OC(=O)CCCCC(=O)OCC(=O)COC(=O)CCCCC(=O)OC(CCC)CCCCCC. The number of Topliss-reactive ketones (excluding diaryl/α,β-unsaturated/α-hetero) is 1. The Hall–Kier alpha value is -2.45. The number of hydrogen-bond acceptors (Lipinski definition) is 9. The summed E-state index contributed by atoms with van der Waals surface area (Å²) in [6, 6.07) is 0. The van der Waals surface area contributed by atoms with Gasteiger partial charge >= 0.3 is 23.9 Å². The second kappa shape index (κ2) is 29.3. The van der Waals surface area contributed by atoms with Crippen LogP contribution in [0.1, 0.15) is 169 Å². The fourth-order valence-electron chi connectivity index (χ4n) is 4.84. The highest BCUT2D eigenvalue weighted by molar-refractivity contribution is 5.85. The van der Waals surface area contributed by atoms with Crippen LogP contribution in [-0.4, -0.2) is 55.1 Å². The second-order valence-electron chi connectivity index (χ2n) is 11.8. The highest BCUT2D eigenvalue weighted by atomic mass is 16.6. The first-order valence-electron chi connectivity index (χ1n) is 17.5. The van der Waals surface area contributed by atoms with Gasteiger partial charge in [0.1, 0.15) is 12.2 Å². The first kappa shape index (κ1) is 41.5. The molecule has 0 aromatic carbocycles. The van der Waals surface area contributed by atoms with Gasteiger partial charge in [0.15, 0.2) is 13.2 Å². The lowest BCUT2D eigenvalue weighted by atomic mass is 10.1. The fraction of sp³-hybridized carbons (Fsp3) is 0.857. The highest BCUT2D eigenvalue weighted by Gasteiger charge is 2.16. The van der Waals surface area contributed by atoms with Crippen LogP contribution in [-0.2, 0) is 42.9 Å². The van der Waals surface area contributed by atoms with E-state index in [0.717, 1.165) is 64.2 Å². The van der Waals surface area contributed by atoms with Crippen molar-refractivity contribution in [2.75, 3.05) is 13.2 Å². The Kier molecular flexibility index (Phi) is 27.6. The smallest absolute Gasteiger partial charge is 0.306 e. The van der Waals surface area contributed by atoms with Crippen LogP contribution in [0.15, 0.2) is 0 Å². The van der Waals surface area contributed by atoms with Gasteiger partial charge in [-0.05, 0) is 64.2 Å². The molecule has 0 heterocycles. The molecule has 0 N–H and O–H groups in total. The summed E-state index contributed by atoms with van der Waals surface area (Å²) in [5.41, 5.74) is 0. The van der Waals surface area contributed by atoms with Gasteiger partial charge in [0.2, 0.25) is 5.78 Å². The zero-order valence-electron chi connectivity index (χ0n) is 28.3. The maximum absolute atomic E-state index is 12.2. The van der Waals surface area contributed by atoms with Crippen molar-refractivity contribution in [2.24, 2.45) is 0 Å². The zero-order chi connectivity index (χ0) is 32.8. The Morgan fingerprint density at radius 1 is 0.409 bits per heavy atom. The van der Waals surface area contributed by atoms with Crippen LogP contribution in [0.2, 0.25) is 0 Å². The Morgan fingerprint density at radius 3 is 1.11 bits per heavy atom. The van der Waals surface area contributed by atoms with Crippen molar-refractivity contribution in [1.29, 1.82) is 0 Å². The van der Waals surface area contributed by atoms with E-state index in [-0.39, 0.29) is 49.8 Å². The summed E-state index contributed by atoms with van der Waals surface area (Å²) in [6.45, 7) is 7.56. The molecule has 0 aliphatic carbocycles. The molecule has 9 heteroatoms. The minimum Gasteiger partial charge on any atom is -0.462 e. The molecule has 0 aromatic heterocycles. The molecule has 0 saturated heterocycles. The molecule has 2 unspecified atom stereocenters. The molecule has 0 rings (SSSR count). The third-order valence-electron chi connectivity index (χ3n) is 7.39. The van der Waals surface area contributed by atoms with Crippen LogP contribution in [0.3, 0.4) is 0 Å². The number of carbonyl (C=O) groups is 5. The molecular weight excluding hydrogens is 564 g/mol. The summed E-state index contributed by atoms with van der Waals surface area (Å²) >= 11 is 0. The number of carbonyl (C=O) groups excluding carboxylic acids is 5. The van der Waals surface area contributed by atoms with Gasteiger partial charge in [0, 0.05) is 25.7 Å². The van der Waals surface area contributed by atoms with E-state index in [1.165, 1.54) is 25.7 Å². The first-order chi connectivity index (χ1) is 21.2. The van der Waals surface area contributed by atoms with Gasteiger partial charge in [-0.2, -0.15) is 0 Å². The summed E-state index contributed by atoms with van der Waals surface area (Å²) in [5.74, 6) is -2.06. The summed E-state index contributed by atoms with van der Waals surface area (Å²) in [4.78, 5) is 60.2. The van der Waals surface area contributed by atoms with E-state index >= 15 is 0 Å². The van der Waals surface area contributed by atoms with Gasteiger partial charge in [0.25, 0.3) is 0 Å². The van der Waals surface area contributed by atoms with Crippen molar-refractivity contribution in [3.8, 4) is 0 Å². The minimum atomic E-state index is -0.535. The van der Waals surface area contributed by atoms with Crippen molar-refractivity contribution < 1.29 is 42.9 Å². The lowest BCUT2D eigenvalue weighted by Crippen LogP contribution is -2.20. The lowest BCUT2D eigenvalue weighted by molar-refractivity contribution is -0.154. The highest BCUT2D eigenvalue weighted by Crippen LogP contribution is 2.16. The van der Waals surface area contributed by atoms with E-state index in [0.29, 0.717) is 25.7 Å². The molecule has 0 amide bonds. The number of hydrogen-bond donors (Lipinski definition) is 0. The molecular formula is C35H62O9. The van der Waals surface area contributed by atoms with E-state index in [4.69, 9.17) is 18.9 Å². The van der Waals surface area contributed by atoms with E-state index in [2.05, 4.69) is 27.7 Å². The fourth-order valence-corrected chi connectivity index (χ4v) is 4.84. The molecule has 0 spiro atoms. The molecule has 0 bridgehead atoms. The van der Waals surface area contributed by atoms with Crippen molar-refractivity contribution in [3.05, 3.63) is 0 Å². The maximum atomic E-state index is 12.2. The van der Waals surface area contributed by atoms with E-state index in [1.807, 2.05) is 0 Å². The topological polar surface area (TPSA) is 122 Å². The van der Waals surface area contributed by atoms with E-state index in [1.54, 1.807) is 0 Å². The van der Waals surface area contributed by atoms with Crippen molar-refractivity contribution >= 4 is 29.7 Å². The van der Waals surface area contributed by atoms with E-state index in [9.17, 15) is 24.0 Å². The summed E-state index contributed by atoms with van der Waals surface area (Å²) < 4.78 is 21.2. The van der Waals surface area contributed by atoms with Gasteiger partial charge in [0.05, 0.1) is 0 Å². The Morgan fingerprint density at radius 2 is 0.773 bits per heavy atom. The predicted octanol–water partition coefficient (Wildman–Crippen LogP) is 8.13. The lowest BCUT2D eigenvalue weighted by Gasteiger charge is -2.17. The Balaban J connectivity index is 3.96. The average Bonchev–Trinajstić information content (AvgIpc) is 2.99. The Bertz CT molecular complexity index is 718. The molecule has 0 aliphatic rings. The number of esters is 4. The number of unbranched alkanes of at least 4 members (excludes halogenated alkanes) is 8. The number of rotatable bonds is 30. The van der Waals surface area contributed by atoms with Gasteiger partial charge < -0.3 is 18.9 Å². The molecule has 0 radical (unpaired) electrons. The number of ether oxygens (including phenoxy) is 4. The summed E-state index contributed by atoms with van der Waals surface area (Å²) in [5, 5.41) is 0. The average molecular weight is 627 g/mol. The summed E-state index contributed by atoms with van der Waals surface area (Å²) in [7, 11) is 0. The van der Waals surface area contributed by atoms with Crippen LogP contribution in [0.5, 0.6) is 0 Å². The van der Waals surface area contributed by atoms with Crippen molar-refractivity contribution in [2.45, 2.75) is 181 Å². The zero-order valence-corrected chi connectivity index (χ0v) is 28.3. The molecule has 256 valence electrons. The Labute approximate surface area is 266 Å². The number of ketones is 1. The van der Waals surface area contributed by atoms with Crippen LogP contribution < -0.4 is 0 Å². The van der Waals surface area contributed by atoms with Crippen LogP contribution >= 0.6 is 0 Å². The third kappa shape index (κ3) is 26.0. The van der Waals surface area contributed by atoms with Gasteiger partial charge in [-0.1, -0.05) is 79.1 Å². The molecule has 0 fully saturated rings. The largest absolute Gasteiger partial charge is 0.462 e. The minimum absolute atomic E-state index is 0.0357. The monoisotopic (exact) mass is 626 g/mol. The predicted molar refractivity (Wildman–Crippen MR) is 171 cm³/mol. The molecule has 2 atom stereocenters. The normalized spacial score (nSPS) is 12.3. The van der Waals surface area contributed by atoms with Crippen LogP contribution in [0.4, 0.5) is 0 Å². The molecule has 0 aromatic rings. The van der Waals surface area contributed by atoms with Gasteiger partial charge in [-0.25, -0.2) is 0 Å². The summed E-state index contributed by atoms with van der Waals surface area (Å²) in [6.07, 6.45) is 17.1. The first-order valence-corrected chi connectivity index (χ1v) is 17.5. The van der Waals surface area contributed by atoms with Gasteiger partial charge in [-0.3, -0.25) is 24.0 Å². The third-order valence-corrected chi connectivity index (χ3v) is 7.39. The molecule has 9 nitrogen and oxygen atoms in total. The quantitative estimate of drug-likeness (QED) is 0.0442. The second-order valence-corrected chi connectivity index (χ2v) is 11.8. The van der Waals surface area contributed by atoms with Crippen LogP contribution in [0, 0.1) is 0 Å². The standard InChI is InChI=1S/C35H62O9/c1-5-9-11-13-21-30(19-7-3)43-34(39)25-17-15-23-32(37)41-27-29(36)28-42-33(38)24-16-18-26-35(40)44-31(20-8-4)22-14-12-10-6-2/h30-31H,5-28H2,1-4H3. The molecule has 44 heavy (non-hydrogen) atoms. The van der Waals surface area contributed by atoms with E-state index < -0.39 is 30.9 Å². The van der Waals surface area contributed by atoms with Gasteiger partial charge in [-0.15, -0.1) is 0 Å².